The van der Waals surface area contributed by atoms with Gasteiger partial charge in [0.15, 0.2) is 6.10 Å². The summed E-state index contributed by atoms with van der Waals surface area (Å²) in [6.45, 7) is 1.31. The van der Waals surface area contributed by atoms with E-state index in [0.29, 0.717) is 0 Å². The fourth-order valence-corrected chi connectivity index (χ4v) is 1.19. The highest BCUT2D eigenvalue weighted by Crippen LogP contribution is 2.10. The maximum absolute atomic E-state index is 11.2. The Morgan fingerprint density at radius 1 is 1.50 bits per heavy atom. The van der Waals surface area contributed by atoms with E-state index in [0.717, 1.165) is 18.4 Å². The minimum Gasteiger partial charge on any atom is -0.479 e. The van der Waals surface area contributed by atoms with Crippen LogP contribution in [0.15, 0.2) is 36.0 Å². The van der Waals surface area contributed by atoms with Crippen LogP contribution in [0.5, 0.6) is 0 Å². The lowest BCUT2D eigenvalue weighted by Gasteiger charge is -2.06. The zero-order chi connectivity index (χ0) is 12.0. The smallest absolute Gasteiger partial charge is 0.344 e. The van der Waals surface area contributed by atoms with Gasteiger partial charge in [-0.3, -0.25) is 0 Å². The fraction of sp³-hybridized carbons (Fsp3) is 0.333. The monoisotopic (exact) mass is 222 g/mol. The van der Waals surface area contributed by atoms with E-state index in [2.05, 4.69) is 4.74 Å². The summed E-state index contributed by atoms with van der Waals surface area (Å²) in [6.07, 6.45) is 9.64. The van der Waals surface area contributed by atoms with Gasteiger partial charge in [-0.15, -0.1) is 0 Å². The highest BCUT2D eigenvalue weighted by molar-refractivity contribution is 5.85. The van der Waals surface area contributed by atoms with Crippen molar-refractivity contribution in [2.45, 2.75) is 25.9 Å². The van der Waals surface area contributed by atoms with Crippen LogP contribution in [0.3, 0.4) is 0 Å². The Bertz CT molecular complexity index is 363. The molecule has 0 fully saturated rings. The van der Waals surface area contributed by atoms with Gasteiger partial charge in [0.2, 0.25) is 0 Å². The third kappa shape index (κ3) is 4.13. The molecule has 1 atom stereocenters. The van der Waals surface area contributed by atoms with Crippen molar-refractivity contribution in [3.05, 3.63) is 36.0 Å². The Morgan fingerprint density at radius 2 is 2.25 bits per heavy atom. The highest BCUT2D eigenvalue weighted by atomic mass is 16.6. The molecule has 0 amide bonds. The zero-order valence-electron chi connectivity index (χ0n) is 9.05. The largest absolute Gasteiger partial charge is 0.479 e. The van der Waals surface area contributed by atoms with Gasteiger partial charge in [0.25, 0.3) is 0 Å². The van der Waals surface area contributed by atoms with Gasteiger partial charge in [-0.25, -0.2) is 9.59 Å². The van der Waals surface area contributed by atoms with E-state index in [4.69, 9.17) is 5.11 Å². The van der Waals surface area contributed by atoms with Gasteiger partial charge in [0.1, 0.15) is 0 Å². The fourth-order valence-electron chi connectivity index (χ4n) is 1.19. The molecule has 0 aromatic rings. The van der Waals surface area contributed by atoms with E-state index in [1.54, 1.807) is 6.08 Å². The third-order valence-electron chi connectivity index (χ3n) is 2.08. The summed E-state index contributed by atoms with van der Waals surface area (Å²) in [5, 5.41) is 8.52. The summed E-state index contributed by atoms with van der Waals surface area (Å²) in [6, 6.07) is 0. The predicted molar refractivity (Wildman–Crippen MR) is 58.8 cm³/mol. The van der Waals surface area contributed by atoms with Crippen LogP contribution in [0, 0.1) is 0 Å². The topological polar surface area (TPSA) is 63.6 Å². The number of hydrogen-bond donors (Lipinski definition) is 1. The molecular weight excluding hydrogens is 208 g/mol. The highest BCUT2D eigenvalue weighted by Gasteiger charge is 2.14. The summed E-state index contributed by atoms with van der Waals surface area (Å²) in [5.41, 5.74) is 0.936. The first-order valence-corrected chi connectivity index (χ1v) is 5.08. The molecule has 0 aliphatic heterocycles. The van der Waals surface area contributed by atoms with Crippen LogP contribution < -0.4 is 0 Å². The summed E-state index contributed by atoms with van der Waals surface area (Å²) in [4.78, 5) is 21.6. The van der Waals surface area contributed by atoms with Crippen molar-refractivity contribution in [3.8, 4) is 0 Å². The van der Waals surface area contributed by atoms with Gasteiger partial charge in [0, 0.05) is 6.08 Å². The van der Waals surface area contributed by atoms with Gasteiger partial charge < -0.3 is 9.84 Å². The second-order valence-corrected chi connectivity index (χ2v) is 3.43. The molecule has 0 bridgehead atoms. The van der Waals surface area contributed by atoms with E-state index in [-0.39, 0.29) is 0 Å². The molecule has 4 nitrogen and oxygen atoms in total. The maximum atomic E-state index is 11.2. The first-order chi connectivity index (χ1) is 7.59. The molecule has 86 valence electrons. The van der Waals surface area contributed by atoms with E-state index in [9.17, 15) is 9.59 Å². The average molecular weight is 222 g/mol. The third-order valence-corrected chi connectivity index (χ3v) is 2.08. The predicted octanol–water partition coefficient (Wildman–Crippen LogP) is 1.84. The molecular formula is C12H14O4. The number of carbonyl (C=O) groups excluding carboxylic acids is 1. The quantitative estimate of drug-likeness (QED) is 0.582. The van der Waals surface area contributed by atoms with E-state index in [1.807, 2.05) is 18.2 Å². The molecule has 4 heteroatoms. The van der Waals surface area contributed by atoms with Gasteiger partial charge in [-0.2, -0.15) is 0 Å². The number of esters is 1. The van der Waals surface area contributed by atoms with Crippen molar-refractivity contribution >= 4 is 11.9 Å². The van der Waals surface area contributed by atoms with Gasteiger partial charge in [0.05, 0.1) is 0 Å². The number of carboxylic acid groups (broad SMARTS) is 1. The van der Waals surface area contributed by atoms with Crippen LogP contribution in [0.25, 0.3) is 0 Å². The first-order valence-electron chi connectivity index (χ1n) is 5.08. The molecule has 0 saturated heterocycles. The molecule has 1 N–H and O–H groups in total. The molecule has 16 heavy (non-hydrogen) atoms. The van der Waals surface area contributed by atoms with Crippen molar-refractivity contribution < 1.29 is 19.4 Å². The molecule has 1 unspecified atom stereocenters. The number of rotatable bonds is 4. The Morgan fingerprint density at radius 3 is 2.81 bits per heavy atom. The van der Waals surface area contributed by atoms with Crippen molar-refractivity contribution in [1.29, 1.82) is 0 Å². The lowest BCUT2D eigenvalue weighted by molar-refractivity contribution is -0.159. The van der Waals surface area contributed by atoms with Gasteiger partial charge in [-0.1, -0.05) is 18.2 Å². The van der Waals surface area contributed by atoms with Crippen molar-refractivity contribution in [2.24, 2.45) is 0 Å². The summed E-state index contributed by atoms with van der Waals surface area (Å²) in [7, 11) is 0. The number of ether oxygens (including phenoxy) is 1. The van der Waals surface area contributed by atoms with Crippen molar-refractivity contribution in [3.63, 3.8) is 0 Å². The zero-order valence-corrected chi connectivity index (χ0v) is 9.05. The van der Waals surface area contributed by atoms with Crippen molar-refractivity contribution in [2.75, 3.05) is 0 Å². The molecule has 1 rings (SSSR count). The Labute approximate surface area is 93.9 Å². The molecule has 0 radical (unpaired) electrons. The number of allylic oxidation sites excluding steroid dienone is 5. The molecule has 0 saturated carbocycles. The number of carbonyl (C=O) groups is 2. The first kappa shape index (κ1) is 12.2. The minimum atomic E-state index is -1.15. The summed E-state index contributed by atoms with van der Waals surface area (Å²) < 4.78 is 4.63. The van der Waals surface area contributed by atoms with Gasteiger partial charge in [-0.05, 0) is 31.4 Å². The van der Waals surface area contributed by atoms with Crippen LogP contribution in [0.4, 0.5) is 0 Å². The van der Waals surface area contributed by atoms with Crippen molar-refractivity contribution in [1.82, 2.24) is 0 Å². The lowest BCUT2D eigenvalue weighted by atomic mass is 10.1. The second kappa shape index (κ2) is 5.90. The SMILES string of the molecule is CC(OC(=O)C=CC1=CCCC=C1)C(=O)O. The average Bonchev–Trinajstić information content (AvgIpc) is 2.27. The summed E-state index contributed by atoms with van der Waals surface area (Å²) >= 11 is 0. The lowest BCUT2D eigenvalue weighted by Crippen LogP contribution is -2.22. The maximum Gasteiger partial charge on any atom is 0.344 e. The summed E-state index contributed by atoms with van der Waals surface area (Å²) in [5.74, 6) is -1.80. The number of carboxylic acids is 1. The Kier molecular flexibility index (Phi) is 4.51. The molecule has 0 spiro atoms. The second-order valence-electron chi connectivity index (χ2n) is 3.43. The molecule has 0 aromatic heterocycles. The number of hydrogen-bond acceptors (Lipinski definition) is 3. The molecule has 0 aromatic carbocycles. The van der Waals surface area contributed by atoms with Crippen LogP contribution >= 0.6 is 0 Å². The number of aliphatic carboxylic acids is 1. The molecule has 1 aliphatic carbocycles. The Hall–Kier alpha value is -1.84. The standard InChI is InChI=1S/C12H14O4/c1-9(12(14)15)16-11(13)8-7-10-5-3-2-4-6-10/h3,5-9H,2,4H2,1H3,(H,14,15). The normalized spacial score (nSPS) is 16.9. The van der Waals surface area contributed by atoms with E-state index in [1.165, 1.54) is 13.0 Å². The van der Waals surface area contributed by atoms with Crippen LogP contribution in [-0.4, -0.2) is 23.1 Å². The minimum absolute atomic E-state index is 0.644. The van der Waals surface area contributed by atoms with Gasteiger partial charge >= 0.3 is 11.9 Å². The van der Waals surface area contributed by atoms with E-state index < -0.39 is 18.0 Å². The van der Waals surface area contributed by atoms with Crippen LogP contribution in [-0.2, 0) is 14.3 Å². The molecule has 1 aliphatic rings. The Balaban J connectivity index is 2.45. The van der Waals surface area contributed by atoms with Crippen LogP contribution in [0.2, 0.25) is 0 Å². The molecule has 0 heterocycles. The van der Waals surface area contributed by atoms with Crippen LogP contribution in [0.1, 0.15) is 19.8 Å². The van der Waals surface area contributed by atoms with E-state index >= 15 is 0 Å².